The van der Waals surface area contributed by atoms with Gasteiger partial charge in [-0.2, -0.15) is 0 Å². The fraction of sp³-hybridized carbons (Fsp3) is 0.318. The van der Waals surface area contributed by atoms with Gasteiger partial charge in [0.25, 0.3) is 5.56 Å². The number of carbonyl (C=O) groups is 1. The van der Waals surface area contributed by atoms with Gasteiger partial charge in [-0.1, -0.05) is 15.9 Å². The maximum Gasteiger partial charge on any atom is 0.261 e. The first-order chi connectivity index (χ1) is 14.8. The van der Waals surface area contributed by atoms with Crippen molar-refractivity contribution in [1.29, 1.82) is 0 Å². The molecule has 1 aliphatic rings. The molecule has 0 bridgehead atoms. The highest BCUT2D eigenvalue weighted by atomic mass is 79.9. The van der Waals surface area contributed by atoms with Crippen LogP contribution in [0.1, 0.15) is 29.1 Å². The number of nitrogens with one attached hydrogen (secondary N) is 1. The minimum absolute atomic E-state index is 0.0509. The number of primary amides is 1. The van der Waals surface area contributed by atoms with Crippen LogP contribution >= 0.6 is 28.6 Å². The van der Waals surface area contributed by atoms with E-state index in [1.54, 1.807) is 23.7 Å². The van der Waals surface area contributed by atoms with Crippen molar-refractivity contribution in [2.75, 3.05) is 26.2 Å². The highest BCUT2D eigenvalue weighted by molar-refractivity contribution is 9.10. The summed E-state index contributed by atoms with van der Waals surface area (Å²) in [6.07, 6.45) is 0. The van der Waals surface area contributed by atoms with Gasteiger partial charge >= 0.3 is 0 Å². The smallest absolute Gasteiger partial charge is 0.261 e. The van der Waals surface area contributed by atoms with Crippen LogP contribution in [0.15, 0.2) is 56.6 Å². The zero-order chi connectivity index (χ0) is 22.5. The molecule has 0 aliphatic carbocycles. The molecule has 7 nitrogen and oxygen atoms in total. The van der Waals surface area contributed by atoms with Crippen molar-refractivity contribution in [2.24, 2.45) is 12.8 Å². The third-order valence-corrected chi connectivity index (χ3v) is 6.12. The van der Waals surface area contributed by atoms with Crippen LogP contribution in [0, 0.1) is 0 Å². The molecule has 1 unspecified atom stereocenters. The first-order valence-corrected chi connectivity index (χ1v) is 11.2. The molecule has 31 heavy (non-hydrogen) atoms. The summed E-state index contributed by atoms with van der Waals surface area (Å²) in [5.74, 6) is 0.184. The van der Waals surface area contributed by atoms with E-state index in [0.717, 1.165) is 41.4 Å². The van der Waals surface area contributed by atoms with Crippen LogP contribution in [0.3, 0.4) is 0 Å². The molecule has 4 rings (SSSR count). The molecule has 3 N–H and O–H groups in total. The van der Waals surface area contributed by atoms with Crippen LogP contribution in [-0.4, -0.2) is 46.5 Å². The van der Waals surface area contributed by atoms with E-state index in [1.165, 1.54) is 6.07 Å². The third kappa shape index (κ3) is 5.74. The summed E-state index contributed by atoms with van der Waals surface area (Å²) in [7, 11) is 1.72. The molecule has 1 atom stereocenters. The molecule has 0 radical (unpaired) electrons. The highest BCUT2D eigenvalue weighted by Gasteiger charge is 2.22. The van der Waals surface area contributed by atoms with Gasteiger partial charge in [-0.25, -0.2) is 4.98 Å². The fourth-order valence-corrected chi connectivity index (χ4v) is 3.90. The number of nitrogens with two attached hydrogens (primary N) is 1. The molecular weight excluding hydrogens is 478 g/mol. The zero-order valence-corrected chi connectivity index (χ0v) is 20.0. The number of rotatable bonds is 3. The number of thiol groups is 1. The Morgan fingerprint density at radius 1 is 1.19 bits per heavy atom. The number of fused-ring (bicyclic) bond motifs is 1. The lowest BCUT2D eigenvalue weighted by atomic mass is 10.1. The van der Waals surface area contributed by atoms with E-state index >= 15 is 0 Å². The number of piperazine rings is 1. The van der Waals surface area contributed by atoms with E-state index in [9.17, 15) is 9.59 Å². The number of hydrogen-bond acceptors (Lipinski definition) is 6. The van der Waals surface area contributed by atoms with Crippen molar-refractivity contribution in [2.45, 2.75) is 17.9 Å². The second-order valence-corrected chi connectivity index (χ2v) is 8.80. The number of hydrogen-bond donors (Lipinski definition) is 3. The van der Waals surface area contributed by atoms with E-state index in [2.05, 4.69) is 50.7 Å². The van der Waals surface area contributed by atoms with Crippen molar-refractivity contribution in [3.05, 3.63) is 68.7 Å². The van der Waals surface area contributed by atoms with Gasteiger partial charge in [0.15, 0.2) is 0 Å². The molecule has 1 saturated heterocycles. The number of halogens is 1. The average molecular weight is 504 g/mol. The van der Waals surface area contributed by atoms with Crippen molar-refractivity contribution in [3.8, 4) is 0 Å². The molecule has 2 aromatic carbocycles. The van der Waals surface area contributed by atoms with Gasteiger partial charge in [0.2, 0.25) is 5.91 Å². The number of amides is 1. The standard InChI is InChI=1S/C16H21N5O2.C6H5BrS/c1-10(21-7-5-18-6-8-21)15-19-13-4-3-11(14(17)22)9-12(13)16(23)20(15)2;7-5-1-3-6(8)4-2-5/h3-4,9-10,18H,5-8H2,1-2H3,(H2,17,22);1-4,8H. The van der Waals surface area contributed by atoms with Crippen LogP contribution in [0.2, 0.25) is 0 Å². The van der Waals surface area contributed by atoms with Gasteiger partial charge in [-0.3, -0.25) is 19.1 Å². The van der Waals surface area contributed by atoms with Crippen LogP contribution in [0.4, 0.5) is 0 Å². The van der Waals surface area contributed by atoms with Crippen molar-refractivity contribution in [3.63, 3.8) is 0 Å². The number of aromatic nitrogens is 2. The van der Waals surface area contributed by atoms with Gasteiger partial charge in [0.1, 0.15) is 5.82 Å². The molecule has 0 saturated carbocycles. The lowest BCUT2D eigenvalue weighted by Gasteiger charge is -2.33. The Balaban J connectivity index is 0.000000287. The lowest BCUT2D eigenvalue weighted by Crippen LogP contribution is -2.45. The van der Waals surface area contributed by atoms with Gasteiger partial charge in [0, 0.05) is 48.2 Å². The van der Waals surface area contributed by atoms with Crippen LogP contribution in [-0.2, 0) is 7.05 Å². The Bertz CT molecular complexity index is 1110. The topological polar surface area (TPSA) is 93.2 Å². The Morgan fingerprint density at radius 3 is 2.42 bits per heavy atom. The Labute approximate surface area is 195 Å². The summed E-state index contributed by atoms with van der Waals surface area (Å²) in [6.45, 7) is 5.80. The van der Waals surface area contributed by atoms with Crippen LogP contribution in [0.25, 0.3) is 10.9 Å². The Hall–Kier alpha value is -2.20. The number of carbonyl (C=O) groups excluding carboxylic acids is 1. The molecule has 0 spiro atoms. The van der Waals surface area contributed by atoms with E-state index in [4.69, 9.17) is 5.73 Å². The second kappa shape index (κ2) is 10.4. The zero-order valence-electron chi connectivity index (χ0n) is 17.5. The predicted molar refractivity (Wildman–Crippen MR) is 130 cm³/mol. The lowest BCUT2D eigenvalue weighted by molar-refractivity contribution is 0.100. The largest absolute Gasteiger partial charge is 0.366 e. The van der Waals surface area contributed by atoms with Gasteiger partial charge in [-0.05, 0) is 49.4 Å². The Morgan fingerprint density at radius 2 is 1.84 bits per heavy atom. The molecule has 1 fully saturated rings. The molecule has 2 heterocycles. The van der Waals surface area contributed by atoms with Gasteiger partial charge < -0.3 is 11.1 Å². The molecule has 1 aliphatic heterocycles. The average Bonchev–Trinajstić information content (AvgIpc) is 2.78. The van der Waals surface area contributed by atoms with Gasteiger partial charge in [-0.15, -0.1) is 12.6 Å². The molecule has 1 aromatic heterocycles. The van der Waals surface area contributed by atoms with Crippen LogP contribution < -0.4 is 16.6 Å². The summed E-state index contributed by atoms with van der Waals surface area (Å²) in [5.41, 5.74) is 6.04. The normalized spacial score (nSPS) is 15.2. The third-order valence-electron chi connectivity index (χ3n) is 5.29. The second-order valence-electron chi connectivity index (χ2n) is 7.37. The molecular formula is C22H26BrN5O2S. The van der Waals surface area contributed by atoms with Crippen LogP contribution in [0.5, 0.6) is 0 Å². The minimum atomic E-state index is -0.549. The van der Waals surface area contributed by atoms with E-state index < -0.39 is 5.91 Å². The highest BCUT2D eigenvalue weighted by Crippen LogP contribution is 2.20. The monoisotopic (exact) mass is 503 g/mol. The quantitative estimate of drug-likeness (QED) is 0.477. The van der Waals surface area contributed by atoms with E-state index in [-0.39, 0.29) is 11.6 Å². The Kier molecular flexibility index (Phi) is 7.88. The maximum absolute atomic E-state index is 12.7. The maximum atomic E-state index is 12.7. The van der Waals surface area contributed by atoms with Crippen molar-refractivity contribution in [1.82, 2.24) is 19.8 Å². The molecule has 1 amide bonds. The molecule has 9 heteroatoms. The minimum Gasteiger partial charge on any atom is -0.366 e. The predicted octanol–water partition coefficient (Wildman–Crippen LogP) is 2.74. The fourth-order valence-electron chi connectivity index (χ4n) is 3.49. The number of benzene rings is 2. The van der Waals surface area contributed by atoms with E-state index in [1.807, 2.05) is 24.3 Å². The van der Waals surface area contributed by atoms with Crippen molar-refractivity contribution < 1.29 is 4.79 Å². The summed E-state index contributed by atoms with van der Waals surface area (Å²) in [6, 6.07) is 12.7. The summed E-state index contributed by atoms with van der Waals surface area (Å²) in [4.78, 5) is 31.9. The first-order valence-electron chi connectivity index (χ1n) is 9.97. The number of nitrogens with zero attached hydrogens (tertiary/aromatic N) is 3. The SMILES string of the molecule is CC(c1nc2ccc(C(N)=O)cc2c(=O)n1C)N1CCNCC1.Sc1ccc(Br)cc1. The van der Waals surface area contributed by atoms with Gasteiger partial charge in [0.05, 0.1) is 16.9 Å². The molecule has 3 aromatic rings. The summed E-state index contributed by atoms with van der Waals surface area (Å²) >= 11 is 7.42. The van der Waals surface area contributed by atoms with E-state index in [0.29, 0.717) is 16.5 Å². The molecule has 164 valence electrons. The summed E-state index contributed by atoms with van der Waals surface area (Å²) < 4.78 is 2.66. The first kappa shape index (κ1) is 23.5. The summed E-state index contributed by atoms with van der Waals surface area (Å²) in [5, 5.41) is 3.74. The van der Waals surface area contributed by atoms with Crippen molar-refractivity contribution >= 4 is 45.4 Å².